The topological polar surface area (TPSA) is 15.3 Å². The lowest BCUT2D eigenvalue weighted by molar-refractivity contribution is 0.00359. The fourth-order valence-corrected chi connectivity index (χ4v) is 0.482. The zero-order valence-electron chi connectivity index (χ0n) is 6.76. The molecule has 0 rings (SSSR count). The molecule has 0 aromatic carbocycles. The number of hydrogen-bond donors (Lipinski definition) is 1. The molecule has 1 unspecified atom stereocenters. The van der Waals surface area contributed by atoms with Gasteiger partial charge in [-0.1, -0.05) is 12.2 Å². The second kappa shape index (κ2) is 5.38. The summed E-state index contributed by atoms with van der Waals surface area (Å²) in [5.41, 5.74) is 0. The predicted molar refractivity (Wildman–Crippen MR) is 41.1 cm³/mol. The molecule has 60 valence electrons. The Morgan fingerprint density at radius 1 is 1.70 bits per heavy atom. The van der Waals surface area contributed by atoms with Crippen molar-refractivity contribution in [1.82, 2.24) is 10.4 Å². The summed E-state index contributed by atoms with van der Waals surface area (Å²) in [6.45, 7) is 4.42. The third kappa shape index (κ3) is 4.47. The van der Waals surface area contributed by atoms with Gasteiger partial charge in [-0.15, -0.1) is 9.60 Å². The van der Waals surface area contributed by atoms with E-state index in [2.05, 4.69) is 5.32 Å². The maximum Gasteiger partial charge on any atom is 0.0863 e. The molecule has 0 aromatic heterocycles. The average molecular weight is 146 g/mol. The van der Waals surface area contributed by atoms with E-state index in [4.69, 9.17) is 0 Å². The molecule has 0 aliphatic carbocycles. The molecule has 0 bridgehead atoms. The zero-order chi connectivity index (χ0) is 7.98. The molecule has 0 heterocycles. The molecule has 0 radical (unpaired) electrons. The quantitative estimate of drug-likeness (QED) is 0.365. The van der Waals surface area contributed by atoms with Crippen molar-refractivity contribution >= 4 is 0 Å². The lowest BCUT2D eigenvalue weighted by atomic mass is 10.5. The van der Waals surface area contributed by atoms with Crippen molar-refractivity contribution in [2.75, 3.05) is 13.6 Å². The van der Waals surface area contributed by atoms with Crippen LogP contribution in [0.15, 0.2) is 12.2 Å². The number of halogens is 1. The van der Waals surface area contributed by atoms with Crippen LogP contribution in [0.4, 0.5) is 4.48 Å². The first-order valence-corrected chi connectivity index (χ1v) is 3.41. The van der Waals surface area contributed by atoms with Crippen molar-refractivity contribution in [3.05, 3.63) is 12.2 Å². The normalized spacial score (nSPS) is 14.9. The van der Waals surface area contributed by atoms with E-state index in [1.54, 1.807) is 6.92 Å². The maximum atomic E-state index is 12.3. The summed E-state index contributed by atoms with van der Waals surface area (Å²) in [6, 6.07) is 0. The van der Waals surface area contributed by atoms with Crippen LogP contribution < -0.4 is 5.32 Å². The van der Waals surface area contributed by atoms with Gasteiger partial charge in [-0.2, -0.15) is 0 Å². The van der Waals surface area contributed by atoms with Gasteiger partial charge < -0.3 is 0 Å². The van der Waals surface area contributed by atoms with Crippen molar-refractivity contribution in [3.63, 3.8) is 0 Å². The molecular weight excluding hydrogens is 131 g/mol. The molecule has 10 heavy (non-hydrogen) atoms. The highest BCUT2D eigenvalue weighted by Crippen LogP contribution is 1.89. The maximum absolute atomic E-state index is 12.3. The predicted octanol–water partition coefficient (Wildman–Crippen LogP) is 1.31. The van der Waals surface area contributed by atoms with Crippen LogP contribution in [0, 0.1) is 0 Å². The SMILES string of the molecule is C/C=C\CNC(C)N(C)F. The van der Waals surface area contributed by atoms with E-state index in [0.29, 0.717) is 11.7 Å². The van der Waals surface area contributed by atoms with Crippen molar-refractivity contribution in [3.8, 4) is 0 Å². The van der Waals surface area contributed by atoms with Gasteiger partial charge in [0.15, 0.2) is 0 Å². The van der Waals surface area contributed by atoms with E-state index in [0.717, 1.165) is 0 Å². The van der Waals surface area contributed by atoms with Crippen LogP contribution in [0.1, 0.15) is 13.8 Å². The lowest BCUT2D eigenvalue weighted by Gasteiger charge is -2.15. The summed E-state index contributed by atoms with van der Waals surface area (Å²) in [5, 5.41) is 3.59. The third-order valence-corrected chi connectivity index (χ3v) is 1.30. The number of hydrogen-bond acceptors (Lipinski definition) is 2. The van der Waals surface area contributed by atoms with Gasteiger partial charge in [0.25, 0.3) is 0 Å². The van der Waals surface area contributed by atoms with E-state index in [1.165, 1.54) is 7.05 Å². The second-order valence-electron chi connectivity index (χ2n) is 2.18. The van der Waals surface area contributed by atoms with Crippen molar-refractivity contribution in [1.29, 1.82) is 0 Å². The first kappa shape index (κ1) is 9.59. The Bertz CT molecular complexity index is 102. The molecule has 0 amide bonds. The molecule has 2 nitrogen and oxygen atoms in total. The summed E-state index contributed by atoms with van der Waals surface area (Å²) in [4.78, 5) is 0. The molecule has 0 fully saturated rings. The van der Waals surface area contributed by atoms with Crippen LogP contribution in [0.3, 0.4) is 0 Å². The Balaban J connectivity index is 3.30. The van der Waals surface area contributed by atoms with Crippen molar-refractivity contribution < 1.29 is 4.48 Å². The van der Waals surface area contributed by atoms with E-state index in [9.17, 15) is 4.48 Å². The minimum Gasteiger partial charge on any atom is -0.296 e. The van der Waals surface area contributed by atoms with Gasteiger partial charge in [0.2, 0.25) is 0 Å². The van der Waals surface area contributed by atoms with Crippen LogP contribution in [-0.2, 0) is 0 Å². The highest BCUT2D eigenvalue weighted by Gasteiger charge is 2.03. The van der Waals surface area contributed by atoms with E-state index >= 15 is 0 Å². The fourth-order valence-electron chi connectivity index (χ4n) is 0.482. The molecule has 1 N–H and O–H groups in total. The van der Waals surface area contributed by atoms with Crippen LogP contribution in [0.25, 0.3) is 0 Å². The van der Waals surface area contributed by atoms with Gasteiger partial charge >= 0.3 is 0 Å². The highest BCUT2D eigenvalue weighted by molar-refractivity contribution is 4.79. The second-order valence-corrected chi connectivity index (χ2v) is 2.18. The molecule has 1 atom stereocenters. The molecule has 0 saturated heterocycles. The van der Waals surface area contributed by atoms with E-state index < -0.39 is 0 Å². The number of allylic oxidation sites excluding steroid dienone is 1. The largest absolute Gasteiger partial charge is 0.296 e. The summed E-state index contributed by atoms with van der Waals surface area (Å²) in [7, 11) is 1.40. The Kier molecular flexibility index (Phi) is 5.16. The van der Waals surface area contributed by atoms with Gasteiger partial charge in [-0.25, -0.2) is 0 Å². The summed E-state index contributed by atoms with van der Waals surface area (Å²) < 4.78 is 12.3. The van der Waals surface area contributed by atoms with Crippen molar-refractivity contribution in [2.45, 2.75) is 20.0 Å². The van der Waals surface area contributed by atoms with Crippen LogP contribution in [0.2, 0.25) is 0 Å². The molecular formula is C7H15FN2. The molecule has 0 aliphatic rings. The molecule has 0 aromatic rings. The van der Waals surface area contributed by atoms with Crippen LogP contribution in [0.5, 0.6) is 0 Å². The minimum absolute atomic E-state index is 0.212. The highest BCUT2D eigenvalue weighted by atomic mass is 19.2. The summed E-state index contributed by atoms with van der Waals surface area (Å²) in [6.07, 6.45) is 3.66. The summed E-state index contributed by atoms with van der Waals surface area (Å²) in [5.74, 6) is 0. The lowest BCUT2D eigenvalue weighted by Crippen LogP contribution is -2.36. The molecule has 0 aliphatic heterocycles. The number of rotatable bonds is 4. The summed E-state index contributed by atoms with van der Waals surface area (Å²) >= 11 is 0. The average Bonchev–Trinajstić information content (AvgIpc) is 1.88. The monoisotopic (exact) mass is 146 g/mol. The van der Waals surface area contributed by atoms with E-state index in [-0.39, 0.29) is 6.17 Å². The Labute approximate surface area is 61.6 Å². The van der Waals surface area contributed by atoms with Gasteiger partial charge in [-0.3, -0.25) is 5.32 Å². The van der Waals surface area contributed by atoms with E-state index in [1.807, 2.05) is 19.1 Å². The number of nitrogens with zero attached hydrogens (tertiary/aromatic N) is 1. The zero-order valence-corrected chi connectivity index (χ0v) is 6.76. The van der Waals surface area contributed by atoms with Gasteiger partial charge in [0.1, 0.15) is 0 Å². The van der Waals surface area contributed by atoms with Crippen LogP contribution >= 0.6 is 0 Å². The Morgan fingerprint density at radius 3 is 2.70 bits per heavy atom. The van der Waals surface area contributed by atoms with Crippen LogP contribution in [-0.4, -0.2) is 24.9 Å². The van der Waals surface area contributed by atoms with Gasteiger partial charge in [0.05, 0.1) is 6.17 Å². The van der Waals surface area contributed by atoms with Gasteiger partial charge in [-0.05, 0) is 13.8 Å². The molecule has 0 spiro atoms. The standard InChI is InChI=1S/C7H15FN2/c1-4-5-6-9-7(2)10(3)8/h4-5,7,9H,6H2,1-3H3/b5-4-. The fraction of sp³-hybridized carbons (Fsp3) is 0.714. The Morgan fingerprint density at radius 2 is 2.30 bits per heavy atom. The first-order chi connectivity index (χ1) is 4.68. The van der Waals surface area contributed by atoms with Gasteiger partial charge in [0, 0.05) is 13.6 Å². The number of nitrogens with one attached hydrogen (secondary N) is 1. The smallest absolute Gasteiger partial charge is 0.0863 e. The molecule has 0 saturated carbocycles. The molecule has 3 heteroatoms. The first-order valence-electron chi connectivity index (χ1n) is 3.41. The third-order valence-electron chi connectivity index (χ3n) is 1.30. The minimum atomic E-state index is -0.212. The Hall–Kier alpha value is -0.410. The van der Waals surface area contributed by atoms with Crippen molar-refractivity contribution in [2.24, 2.45) is 0 Å².